The second-order valence-electron chi connectivity index (χ2n) is 4.75. The minimum absolute atomic E-state index is 0.218. The van der Waals surface area contributed by atoms with Crippen molar-refractivity contribution >= 4 is 22.0 Å². The normalized spacial score (nSPS) is 12.3. The molecule has 0 bridgehead atoms. The topological polar surface area (TPSA) is 9.23 Å². The van der Waals surface area contributed by atoms with Crippen LogP contribution in [0.2, 0.25) is 0 Å². The van der Waals surface area contributed by atoms with E-state index < -0.39 is 0 Å². The molecule has 0 aromatic heterocycles. The minimum atomic E-state index is 0.218. The van der Waals surface area contributed by atoms with Crippen LogP contribution in [0.15, 0.2) is 29.8 Å². The van der Waals surface area contributed by atoms with Crippen LogP contribution in [0.25, 0.3) is 6.08 Å². The maximum Gasteiger partial charge on any atom is 0.120 e. The fourth-order valence-corrected chi connectivity index (χ4v) is 2.33. The van der Waals surface area contributed by atoms with Gasteiger partial charge in [0.2, 0.25) is 0 Å². The highest BCUT2D eigenvalue weighted by Crippen LogP contribution is 2.20. The molecule has 94 valence electrons. The summed E-state index contributed by atoms with van der Waals surface area (Å²) >= 11 is 3.53. The van der Waals surface area contributed by atoms with Gasteiger partial charge in [-0.2, -0.15) is 0 Å². The molecular formula is C15H21BrO. The Balaban J connectivity index is 2.91. The van der Waals surface area contributed by atoms with E-state index in [1.165, 1.54) is 11.1 Å². The van der Waals surface area contributed by atoms with Crippen LogP contribution in [0.4, 0.5) is 0 Å². The van der Waals surface area contributed by atoms with Crippen LogP contribution >= 0.6 is 15.9 Å². The zero-order valence-electron chi connectivity index (χ0n) is 11.0. The summed E-state index contributed by atoms with van der Waals surface area (Å²) in [5.41, 5.74) is 2.60. The third-order valence-electron chi connectivity index (χ3n) is 2.48. The van der Waals surface area contributed by atoms with Crippen LogP contribution in [0.1, 0.15) is 33.3 Å². The first-order valence-corrected chi connectivity index (χ1v) is 7.18. The van der Waals surface area contributed by atoms with Gasteiger partial charge in [-0.25, -0.2) is 0 Å². The molecule has 0 fully saturated rings. The lowest BCUT2D eigenvalue weighted by atomic mass is 10.0. The lowest BCUT2D eigenvalue weighted by Crippen LogP contribution is -2.05. The van der Waals surface area contributed by atoms with Gasteiger partial charge in [0.05, 0.1) is 6.10 Å². The molecule has 0 spiro atoms. The van der Waals surface area contributed by atoms with Crippen molar-refractivity contribution in [3.63, 3.8) is 0 Å². The van der Waals surface area contributed by atoms with Crippen LogP contribution in [-0.4, -0.2) is 11.4 Å². The third-order valence-corrected chi connectivity index (χ3v) is 3.13. The first-order valence-electron chi connectivity index (χ1n) is 6.06. The van der Waals surface area contributed by atoms with Crippen molar-refractivity contribution in [2.75, 3.05) is 5.33 Å². The van der Waals surface area contributed by atoms with Gasteiger partial charge in [-0.1, -0.05) is 53.6 Å². The van der Waals surface area contributed by atoms with Crippen molar-refractivity contribution in [1.82, 2.24) is 0 Å². The molecule has 0 N–H and O–H groups in total. The van der Waals surface area contributed by atoms with Gasteiger partial charge in [0.15, 0.2) is 0 Å². The van der Waals surface area contributed by atoms with Crippen LogP contribution in [0.5, 0.6) is 5.75 Å². The largest absolute Gasteiger partial charge is 0.491 e. The van der Waals surface area contributed by atoms with Gasteiger partial charge in [0, 0.05) is 5.33 Å². The number of benzene rings is 1. The van der Waals surface area contributed by atoms with Crippen LogP contribution in [0, 0.1) is 5.92 Å². The van der Waals surface area contributed by atoms with Gasteiger partial charge < -0.3 is 4.74 Å². The van der Waals surface area contributed by atoms with E-state index in [2.05, 4.69) is 48.0 Å². The zero-order chi connectivity index (χ0) is 12.8. The number of halogens is 1. The molecule has 0 heterocycles. The third kappa shape index (κ3) is 4.95. The summed E-state index contributed by atoms with van der Waals surface area (Å²) in [5.74, 6) is 1.50. The molecule has 0 aliphatic heterocycles. The van der Waals surface area contributed by atoms with Crippen molar-refractivity contribution in [3.05, 3.63) is 35.4 Å². The molecule has 0 aliphatic carbocycles. The summed E-state index contributed by atoms with van der Waals surface area (Å²) in [4.78, 5) is 0. The Hall–Kier alpha value is -0.760. The highest BCUT2D eigenvalue weighted by molar-refractivity contribution is 9.09. The smallest absolute Gasteiger partial charge is 0.120 e. The fraction of sp³-hybridized carbons (Fsp3) is 0.467. The number of hydrogen-bond acceptors (Lipinski definition) is 1. The molecule has 0 radical (unpaired) electrons. The average Bonchev–Trinajstić information content (AvgIpc) is 2.25. The molecule has 0 amide bonds. The van der Waals surface area contributed by atoms with E-state index in [4.69, 9.17) is 4.74 Å². The number of hydrogen-bond donors (Lipinski definition) is 0. The van der Waals surface area contributed by atoms with E-state index in [0.29, 0.717) is 5.92 Å². The molecule has 0 saturated carbocycles. The van der Waals surface area contributed by atoms with E-state index >= 15 is 0 Å². The molecule has 2 heteroatoms. The molecular weight excluding hydrogens is 276 g/mol. The molecule has 1 rings (SSSR count). The number of rotatable bonds is 5. The molecule has 0 saturated heterocycles. The van der Waals surface area contributed by atoms with Crippen molar-refractivity contribution in [1.29, 1.82) is 0 Å². The van der Waals surface area contributed by atoms with Crippen LogP contribution < -0.4 is 4.74 Å². The van der Waals surface area contributed by atoms with Crippen molar-refractivity contribution in [2.45, 2.75) is 33.8 Å². The summed E-state index contributed by atoms with van der Waals surface area (Å²) < 4.78 is 5.69. The highest BCUT2D eigenvalue weighted by Gasteiger charge is 2.03. The highest BCUT2D eigenvalue weighted by atomic mass is 79.9. The van der Waals surface area contributed by atoms with Gasteiger partial charge in [-0.3, -0.25) is 0 Å². The maximum absolute atomic E-state index is 5.69. The second kappa shape index (κ2) is 6.85. The fourth-order valence-electron chi connectivity index (χ4n) is 1.52. The molecule has 1 nitrogen and oxygen atoms in total. The van der Waals surface area contributed by atoms with Gasteiger partial charge in [-0.05, 0) is 37.5 Å². The van der Waals surface area contributed by atoms with Crippen LogP contribution in [0.3, 0.4) is 0 Å². The molecule has 17 heavy (non-hydrogen) atoms. The standard InChI is InChI=1S/C15H21BrO/c1-11(2)14(10-16)8-13-6-5-7-15(9-13)17-12(3)4/h5-9,11-12H,10H2,1-4H3. The predicted octanol–water partition coefficient (Wildman–Crippen LogP) is 4.91. The lowest BCUT2D eigenvalue weighted by Gasteiger charge is -2.11. The lowest BCUT2D eigenvalue weighted by molar-refractivity contribution is 0.242. The summed E-state index contributed by atoms with van der Waals surface area (Å²) in [6.45, 7) is 8.50. The molecule has 0 aliphatic rings. The van der Waals surface area contributed by atoms with Gasteiger partial charge in [0.1, 0.15) is 5.75 Å². The van der Waals surface area contributed by atoms with Crippen LogP contribution in [-0.2, 0) is 0 Å². The summed E-state index contributed by atoms with van der Waals surface area (Å²) in [7, 11) is 0. The molecule has 0 atom stereocenters. The van der Waals surface area contributed by atoms with Gasteiger partial charge in [0.25, 0.3) is 0 Å². The average molecular weight is 297 g/mol. The van der Waals surface area contributed by atoms with Gasteiger partial charge in [-0.15, -0.1) is 0 Å². The molecule has 1 aromatic rings. The summed E-state index contributed by atoms with van der Waals surface area (Å²) in [6.07, 6.45) is 2.45. The quantitative estimate of drug-likeness (QED) is 0.702. The van der Waals surface area contributed by atoms with Crippen molar-refractivity contribution in [2.24, 2.45) is 5.92 Å². The van der Waals surface area contributed by atoms with Gasteiger partial charge >= 0.3 is 0 Å². The van der Waals surface area contributed by atoms with E-state index in [1.807, 2.05) is 26.0 Å². The van der Waals surface area contributed by atoms with E-state index in [9.17, 15) is 0 Å². The predicted molar refractivity (Wildman–Crippen MR) is 78.8 cm³/mol. The Kier molecular flexibility index (Phi) is 5.76. The van der Waals surface area contributed by atoms with Crippen molar-refractivity contribution in [3.8, 4) is 5.75 Å². The Bertz CT molecular complexity index is 380. The Labute approximate surface area is 113 Å². The Morgan fingerprint density at radius 1 is 1.29 bits per heavy atom. The number of allylic oxidation sites excluding steroid dienone is 1. The van der Waals surface area contributed by atoms with E-state index in [0.717, 1.165) is 11.1 Å². The summed E-state index contributed by atoms with van der Waals surface area (Å²) in [5, 5.41) is 0.917. The zero-order valence-corrected chi connectivity index (χ0v) is 12.6. The SMILES string of the molecule is CC(C)Oc1cccc(C=C(CBr)C(C)C)c1. The molecule has 0 unspecified atom stereocenters. The first-order chi connectivity index (χ1) is 8.02. The second-order valence-corrected chi connectivity index (χ2v) is 5.31. The monoisotopic (exact) mass is 296 g/mol. The van der Waals surface area contributed by atoms with E-state index in [1.54, 1.807) is 0 Å². The first kappa shape index (κ1) is 14.3. The minimum Gasteiger partial charge on any atom is -0.491 e. The Morgan fingerprint density at radius 2 is 2.00 bits per heavy atom. The van der Waals surface area contributed by atoms with E-state index in [-0.39, 0.29) is 6.10 Å². The number of alkyl halides is 1. The molecule has 1 aromatic carbocycles. The Morgan fingerprint density at radius 3 is 2.53 bits per heavy atom. The maximum atomic E-state index is 5.69. The summed E-state index contributed by atoms with van der Waals surface area (Å²) in [6, 6.07) is 8.24. The number of ether oxygens (including phenoxy) is 1. The van der Waals surface area contributed by atoms with Crippen molar-refractivity contribution < 1.29 is 4.74 Å².